The van der Waals surface area contributed by atoms with E-state index in [0.717, 1.165) is 49.7 Å². The number of carbonyl (C=O) groups is 4. The van der Waals surface area contributed by atoms with Gasteiger partial charge in [0.05, 0.1) is 63.9 Å². The normalized spacial score (nSPS) is 21.8. The number of halogens is 1. The Hall–Kier alpha value is -6.25. The molecule has 4 amide bonds. The Morgan fingerprint density at radius 3 is 2.43 bits per heavy atom. The second-order valence-electron chi connectivity index (χ2n) is 17.0. The van der Waals surface area contributed by atoms with E-state index in [-0.39, 0.29) is 42.3 Å². The monoisotopic (exact) mass is 815 g/mol. The third-order valence-electron chi connectivity index (χ3n) is 12.6. The SMILES string of the molecule is CC(C)(O)c1cc2nn([C@H]3CC[C@H](N4CCN(C(=O)C5CN(c6cnc(C7CCC(=O)NC7=O)c(F)c6)C5)CC4)CC3)cc2cc1NC(=O)c1ccc2cc(C#N)cnn12. The molecule has 1 aromatic carbocycles. The highest BCUT2D eigenvalue weighted by atomic mass is 19.1. The number of pyridine rings is 1. The Morgan fingerprint density at radius 2 is 1.73 bits per heavy atom. The summed E-state index contributed by atoms with van der Waals surface area (Å²) >= 11 is 0. The summed E-state index contributed by atoms with van der Waals surface area (Å²) in [5.41, 5.74) is 2.41. The van der Waals surface area contributed by atoms with Crippen LogP contribution in [0.25, 0.3) is 16.4 Å². The van der Waals surface area contributed by atoms with Gasteiger partial charge < -0.3 is 20.2 Å². The van der Waals surface area contributed by atoms with Crippen LogP contribution in [0.2, 0.25) is 0 Å². The largest absolute Gasteiger partial charge is 0.386 e. The van der Waals surface area contributed by atoms with Crippen LogP contribution in [-0.4, -0.2) is 108 Å². The van der Waals surface area contributed by atoms with E-state index in [4.69, 9.17) is 5.10 Å². The van der Waals surface area contributed by atoms with Crippen LogP contribution in [0.1, 0.15) is 91.6 Å². The third-order valence-corrected chi connectivity index (χ3v) is 12.6. The molecule has 4 fully saturated rings. The molecule has 0 radical (unpaired) electrons. The standard InChI is InChI=1S/C43H46FN11O5/c1-43(2,60)33-18-35-26(16-36(33)48-41(58)37-9-7-30-15-25(19-45)20-47-55(30)37)24-54(50-35)29-5-3-28(4-6-29)51-11-13-52(14-12-51)42(59)27-22-53(23-27)31-17-34(44)39(46-21-31)32-8-10-38(56)49-40(32)57/h7,9,15-18,20-21,24,27-29,32,60H,3-6,8,10-14,22-23H2,1-2H3,(H,48,58)(H,49,56,57)/t28-,29-,32?. The van der Waals surface area contributed by atoms with Gasteiger partial charge in [-0.2, -0.15) is 15.5 Å². The average molecular weight is 816 g/mol. The summed E-state index contributed by atoms with van der Waals surface area (Å²) in [5, 5.41) is 35.6. The first-order valence-electron chi connectivity index (χ1n) is 20.5. The van der Waals surface area contributed by atoms with Crippen LogP contribution < -0.4 is 15.5 Å². The number of fused-ring (bicyclic) bond motifs is 2. The molecule has 3 aliphatic heterocycles. The van der Waals surface area contributed by atoms with Gasteiger partial charge in [-0.15, -0.1) is 0 Å². The molecule has 1 atom stereocenters. The van der Waals surface area contributed by atoms with Crippen LogP contribution >= 0.6 is 0 Å². The van der Waals surface area contributed by atoms with Crippen molar-refractivity contribution < 1.29 is 28.7 Å². The fraction of sp³-hybridized carbons (Fsp3) is 0.442. The van der Waals surface area contributed by atoms with Gasteiger partial charge >= 0.3 is 0 Å². The first kappa shape index (κ1) is 39.2. The lowest BCUT2D eigenvalue weighted by molar-refractivity contribution is -0.138. The van der Waals surface area contributed by atoms with Crippen molar-refractivity contribution in [2.75, 3.05) is 49.5 Å². The van der Waals surface area contributed by atoms with Crippen molar-refractivity contribution in [3.8, 4) is 6.07 Å². The quantitative estimate of drug-likeness (QED) is 0.193. The van der Waals surface area contributed by atoms with Crippen LogP contribution in [0, 0.1) is 23.1 Å². The van der Waals surface area contributed by atoms with E-state index in [9.17, 15) is 29.5 Å². The van der Waals surface area contributed by atoms with Gasteiger partial charge in [-0.1, -0.05) is 0 Å². The maximum absolute atomic E-state index is 15.0. The molecule has 17 heteroatoms. The Morgan fingerprint density at radius 1 is 0.983 bits per heavy atom. The number of rotatable bonds is 8. The summed E-state index contributed by atoms with van der Waals surface area (Å²) in [6.07, 6.45) is 9.24. The third kappa shape index (κ3) is 7.45. The minimum atomic E-state index is -1.26. The van der Waals surface area contributed by atoms with Crippen molar-refractivity contribution in [3.63, 3.8) is 0 Å². The molecule has 1 saturated carbocycles. The zero-order chi connectivity index (χ0) is 41.9. The summed E-state index contributed by atoms with van der Waals surface area (Å²) < 4.78 is 18.5. The summed E-state index contributed by atoms with van der Waals surface area (Å²) in [4.78, 5) is 61.3. The van der Waals surface area contributed by atoms with Crippen LogP contribution in [0.15, 0.2) is 55.0 Å². The molecule has 3 saturated heterocycles. The summed E-state index contributed by atoms with van der Waals surface area (Å²) in [6.45, 7) is 7.26. The molecule has 60 heavy (non-hydrogen) atoms. The van der Waals surface area contributed by atoms with E-state index in [1.54, 1.807) is 32.0 Å². The zero-order valence-electron chi connectivity index (χ0n) is 33.5. The van der Waals surface area contributed by atoms with Gasteiger partial charge in [-0.05, 0) is 76.3 Å². The van der Waals surface area contributed by atoms with Crippen molar-refractivity contribution in [2.45, 2.75) is 76.0 Å². The fourth-order valence-electron chi connectivity index (χ4n) is 9.23. The summed E-state index contributed by atoms with van der Waals surface area (Å²) in [7, 11) is 0. The zero-order valence-corrected chi connectivity index (χ0v) is 33.5. The van der Waals surface area contributed by atoms with Crippen molar-refractivity contribution in [1.82, 2.24) is 39.5 Å². The number of carbonyl (C=O) groups excluding carboxylic acids is 4. The lowest BCUT2D eigenvalue weighted by atomic mass is 9.89. The van der Waals surface area contributed by atoms with Gasteiger partial charge in [0.1, 0.15) is 17.6 Å². The maximum atomic E-state index is 15.0. The maximum Gasteiger partial charge on any atom is 0.274 e. The number of hydrogen-bond acceptors (Lipinski definition) is 11. The van der Waals surface area contributed by atoms with Crippen molar-refractivity contribution in [3.05, 3.63) is 83.3 Å². The molecule has 3 N–H and O–H groups in total. The van der Waals surface area contributed by atoms with E-state index in [1.807, 2.05) is 32.8 Å². The molecule has 0 spiro atoms. The van der Waals surface area contributed by atoms with Gasteiger partial charge in [0.25, 0.3) is 5.91 Å². The van der Waals surface area contributed by atoms with E-state index >= 15 is 4.39 Å². The Labute approximate surface area is 344 Å². The Balaban J connectivity index is 0.774. The Bertz CT molecular complexity index is 2570. The molecule has 1 aliphatic carbocycles. The number of aromatic nitrogens is 5. The second-order valence-corrected chi connectivity index (χ2v) is 17.0. The number of piperazine rings is 1. The number of aliphatic hydroxyl groups is 1. The second kappa shape index (κ2) is 15.4. The first-order chi connectivity index (χ1) is 28.8. The highest BCUT2D eigenvalue weighted by molar-refractivity contribution is 6.05. The number of nitrogens with zero attached hydrogens (tertiary/aromatic N) is 9. The highest BCUT2D eigenvalue weighted by Crippen LogP contribution is 2.36. The van der Waals surface area contributed by atoms with Gasteiger partial charge in [0, 0.05) is 80.6 Å². The first-order valence-corrected chi connectivity index (χ1v) is 20.5. The predicted octanol–water partition coefficient (Wildman–Crippen LogP) is 3.85. The average Bonchev–Trinajstić information content (AvgIpc) is 3.84. The summed E-state index contributed by atoms with van der Waals surface area (Å²) in [5.74, 6) is -2.71. The molecule has 310 valence electrons. The number of nitriles is 1. The number of amides is 4. The van der Waals surface area contributed by atoms with Crippen molar-refractivity contribution >= 4 is 51.4 Å². The van der Waals surface area contributed by atoms with Crippen molar-refractivity contribution in [1.29, 1.82) is 5.26 Å². The molecule has 1 unspecified atom stereocenters. The molecule has 16 nitrogen and oxygen atoms in total. The van der Waals surface area contributed by atoms with Gasteiger partial charge in [0.2, 0.25) is 17.7 Å². The predicted molar refractivity (Wildman–Crippen MR) is 217 cm³/mol. The Kier molecular flexibility index (Phi) is 10.1. The van der Waals surface area contributed by atoms with Crippen LogP contribution in [0.4, 0.5) is 15.8 Å². The number of imide groups is 1. The topological polar surface area (TPSA) is 194 Å². The van der Waals surface area contributed by atoms with Crippen LogP contribution in [0.5, 0.6) is 0 Å². The van der Waals surface area contributed by atoms with Crippen LogP contribution in [-0.2, 0) is 20.0 Å². The fourth-order valence-corrected chi connectivity index (χ4v) is 9.23. The smallest absolute Gasteiger partial charge is 0.274 e. The van der Waals surface area contributed by atoms with E-state index < -0.39 is 29.2 Å². The van der Waals surface area contributed by atoms with Gasteiger partial charge in [-0.25, -0.2) is 8.91 Å². The highest BCUT2D eigenvalue weighted by Gasteiger charge is 2.39. The number of nitrogens with one attached hydrogen (secondary N) is 2. The molecular formula is C43H46FN11O5. The molecule has 9 rings (SSSR count). The van der Waals surface area contributed by atoms with Crippen LogP contribution in [0.3, 0.4) is 0 Å². The number of benzene rings is 1. The number of hydrogen-bond donors (Lipinski definition) is 3. The molecular weight excluding hydrogens is 770 g/mol. The van der Waals surface area contributed by atoms with Crippen molar-refractivity contribution in [2.24, 2.45) is 5.92 Å². The number of anilines is 2. The molecule has 5 aromatic rings. The van der Waals surface area contributed by atoms with Gasteiger partial charge in [-0.3, -0.25) is 39.1 Å². The lowest BCUT2D eigenvalue weighted by Gasteiger charge is -2.45. The van der Waals surface area contributed by atoms with E-state index in [1.165, 1.54) is 23.0 Å². The molecule has 7 heterocycles. The number of piperidine rings is 1. The molecule has 4 aromatic heterocycles. The summed E-state index contributed by atoms with van der Waals surface area (Å²) in [6, 6.07) is 12.8. The minimum absolute atomic E-state index is 0.0395. The van der Waals surface area contributed by atoms with E-state index in [0.29, 0.717) is 65.9 Å². The lowest BCUT2D eigenvalue weighted by Crippen LogP contribution is -2.59. The minimum Gasteiger partial charge on any atom is -0.386 e. The van der Waals surface area contributed by atoms with E-state index in [2.05, 4.69) is 31.7 Å². The van der Waals surface area contributed by atoms with Gasteiger partial charge in [0.15, 0.2) is 0 Å². The molecule has 0 bridgehead atoms. The molecule has 4 aliphatic rings.